The third kappa shape index (κ3) is 1.10. The fourth-order valence-electron chi connectivity index (χ4n) is 3.50. The van der Waals surface area contributed by atoms with E-state index in [9.17, 15) is 4.79 Å². The molecule has 0 aromatic carbocycles. The Balaban J connectivity index is 2.00. The standard InChI is InChI=1S/C10H15NO2/c11-10-3-6-1-7(4-10)9(12)13-8(2-6)5-10/h6-8H,1-5,11H2. The van der Waals surface area contributed by atoms with Gasteiger partial charge >= 0.3 is 5.97 Å². The first-order valence-electron chi connectivity index (χ1n) is 5.14. The Morgan fingerprint density at radius 1 is 1.31 bits per heavy atom. The Labute approximate surface area is 77.6 Å². The molecule has 4 rings (SSSR count). The molecule has 2 N–H and O–H groups in total. The van der Waals surface area contributed by atoms with Gasteiger partial charge in [0.15, 0.2) is 0 Å². The maximum absolute atomic E-state index is 11.5. The maximum Gasteiger partial charge on any atom is 0.309 e. The van der Waals surface area contributed by atoms with Crippen LogP contribution in [0.5, 0.6) is 0 Å². The van der Waals surface area contributed by atoms with Crippen LogP contribution in [0.25, 0.3) is 0 Å². The van der Waals surface area contributed by atoms with Gasteiger partial charge in [0.1, 0.15) is 6.10 Å². The summed E-state index contributed by atoms with van der Waals surface area (Å²) < 4.78 is 5.38. The Morgan fingerprint density at radius 3 is 2.92 bits per heavy atom. The molecule has 13 heavy (non-hydrogen) atoms. The zero-order valence-corrected chi connectivity index (χ0v) is 7.66. The minimum absolute atomic E-state index is 0.0134. The topological polar surface area (TPSA) is 52.3 Å². The van der Waals surface area contributed by atoms with Gasteiger partial charge in [0, 0.05) is 12.0 Å². The summed E-state index contributed by atoms with van der Waals surface area (Å²) in [7, 11) is 0. The maximum atomic E-state index is 11.5. The van der Waals surface area contributed by atoms with Crippen LogP contribution < -0.4 is 5.73 Å². The van der Waals surface area contributed by atoms with Gasteiger partial charge in [-0.15, -0.1) is 0 Å². The van der Waals surface area contributed by atoms with E-state index in [0.29, 0.717) is 5.92 Å². The molecule has 4 bridgehead atoms. The third-order valence-corrected chi connectivity index (χ3v) is 3.81. The van der Waals surface area contributed by atoms with E-state index in [1.807, 2.05) is 0 Å². The zero-order chi connectivity index (χ0) is 9.05. The van der Waals surface area contributed by atoms with E-state index in [-0.39, 0.29) is 23.5 Å². The highest BCUT2D eigenvalue weighted by atomic mass is 16.5. The molecule has 0 amide bonds. The van der Waals surface area contributed by atoms with Crippen molar-refractivity contribution in [2.45, 2.75) is 43.7 Å². The second-order valence-corrected chi connectivity index (χ2v) is 5.07. The Morgan fingerprint density at radius 2 is 2.15 bits per heavy atom. The number of hydrogen-bond acceptors (Lipinski definition) is 3. The van der Waals surface area contributed by atoms with Gasteiger partial charge in [-0.25, -0.2) is 0 Å². The number of carbonyl (C=O) groups is 1. The molecule has 2 saturated heterocycles. The van der Waals surface area contributed by atoms with E-state index in [1.165, 1.54) is 0 Å². The molecule has 0 aromatic heterocycles. The first-order valence-corrected chi connectivity index (χ1v) is 5.14. The van der Waals surface area contributed by atoms with Crippen LogP contribution in [0, 0.1) is 11.8 Å². The summed E-state index contributed by atoms with van der Waals surface area (Å²) in [5.41, 5.74) is 6.17. The van der Waals surface area contributed by atoms with Crippen molar-refractivity contribution in [2.75, 3.05) is 0 Å². The van der Waals surface area contributed by atoms with Crippen molar-refractivity contribution in [3.8, 4) is 0 Å². The molecule has 72 valence electrons. The highest BCUT2D eigenvalue weighted by Crippen LogP contribution is 2.48. The minimum atomic E-state index is -0.0807. The molecule has 0 spiro atoms. The van der Waals surface area contributed by atoms with E-state index in [4.69, 9.17) is 10.5 Å². The number of ether oxygens (including phenoxy) is 1. The number of nitrogens with two attached hydrogens (primary N) is 1. The quantitative estimate of drug-likeness (QED) is 0.563. The lowest BCUT2D eigenvalue weighted by Gasteiger charge is -2.43. The summed E-state index contributed by atoms with van der Waals surface area (Å²) in [6, 6.07) is 0. The first kappa shape index (κ1) is 7.80. The second kappa shape index (κ2) is 2.27. The van der Waals surface area contributed by atoms with Crippen molar-refractivity contribution in [3.63, 3.8) is 0 Å². The van der Waals surface area contributed by atoms with Crippen LogP contribution in [0.15, 0.2) is 0 Å². The van der Waals surface area contributed by atoms with Gasteiger partial charge in [-0.2, -0.15) is 0 Å². The lowest BCUT2D eigenvalue weighted by molar-refractivity contribution is -0.151. The molecule has 3 nitrogen and oxygen atoms in total. The zero-order valence-electron chi connectivity index (χ0n) is 7.66. The normalized spacial score (nSPS) is 53.3. The van der Waals surface area contributed by atoms with Crippen molar-refractivity contribution in [1.29, 1.82) is 0 Å². The fourth-order valence-corrected chi connectivity index (χ4v) is 3.50. The predicted octanol–water partition coefficient (Wildman–Crippen LogP) is 0.819. The van der Waals surface area contributed by atoms with Crippen LogP contribution in [0.2, 0.25) is 0 Å². The Hall–Kier alpha value is -0.570. The van der Waals surface area contributed by atoms with E-state index >= 15 is 0 Å². The smallest absolute Gasteiger partial charge is 0.309 e. The van der Waals surface area contributed by atoms with Crippen molar-refractivity contribution < 1.29 is 9.53 Å². The molecule has 0 aromatic rings. The highest BCUT2D eigenvalue weighted by molar-refractivity contribution is 5.73. The largest absolute Gasteiger partial charge is 0.462 e. The summed E-state index contributed by atoms with van der Waals surface area (Å²) in [4.78, 5) is 11.5. The average Bonchev–Trinajstić information content (AvgIpc) is 2.12. The minimum Gasteiger partial charge on any atom is -0.462 e. The van der Waals surface area contributed by atoms with Crippen LogP contribution in [0.1, 0.15) is 32.1 Å². The molecule has 4 fully saturated rings. The molecule has 0 radical (unpaired) electrons. The number of rotatable bonds is 0. The first-order chi connectivity index (χ1) is 6.15. The van der Waals surface area contributed by atoms with Crippen molar-refractivity contribution >= 4 is 5.97 Å². The van der Waals surface area contributed by atoms with Crippen LogP contribution in [-0.2, 0) is 9.53 Å². The van der Waals surface area contributed by atoms with Gasteiger partial charge in [0.25, 0.3) is 0 Å². The number of carbonyl (C=O) groups excluding carboxylic acids is 1. The number of esters is 1. The molecule has 4 aliphatic rings. The van der Waals surface area contributed by atoms with Gasteiger partial charge < -0.3 is 10.5 Å². The van der Waals surface area contributed by atoms with E-state index in [2.05, 4.69) is 0 Å². The monoisotopic (exact) mass is 181 g/mol. The summed E-state index contributed by atoms with van der Waals surface area (Å²) >= 11 is 0. The van der Waals surface area contributed by atoms with Gasteiger partial charge in [-0.3, -0.25) is 4.79 Å². The SMILES string of the molecule is NC12CC3CC(C1)OC(=O)C(C3)C2. The molecule has 2 saturated carbocycles. The predicted molar refractivity (Wildman–Crippen MR) is 46.9 cm³/mol. The molecule has 3 heteroatoms. The van der Waals surface area contributed by atoms with Gasteiger partial charge in [0.2, 0.25) is 0 Å². The lowest BCUT2D eigenvalue weighted by Crippen LogP contribution is -2.51. The highest BCUT2D eigenvalue weighted by Gasteiger charge is 2.50. The van der Waals surface area contributed by atoms with Gasteiger partial charge in [-0.1, -0.05) is 0 Å². The van der Waals surface area contributed by atoms with E-state index in [0.717, 1.165) is 32.1 Å². The molecule has 2 aliphatic heterocycles. The summed E-state index contributed by atoms with van der Waals surface area (Å²) in [5, 5.41) is 0. The van der Waals surface area contributed by atoms with Crippen molar-refractivity contribution in [1.82, 2.24) is 0 Å². The molecule has 4 atom stereocenters. The molecule has 4 unspecified atom stereocenters. The van der Waals surface area contributed by atoms with Crippen LogP contribution in [0.4, 0.5) is 0 Å². The average molecular weight is 181 g/mol. The Bertz CT molecular complexity index is 266. The fraction of sp³-hybridized carbons (Fsp3) is 0.900. The van der Waals surface area contributed by atoms with Gasteiger partial charge in [-0.05, 0) is 31.6 Å². The number of hydrogen-bond donors (Lipinski definition) is 1. The Kier molecular flexibility index (Phi) is 1.36. The molecule has 2 heterocycles. The van der Waals surface area contributed by atoms with Crippen molar-refractivity contribution in [3.05, 3.63) is 0 Å². The van der Waals surface area contributed by atoms with Crippen molar-refractivity contribution in [2.24, 2.45) is 17.6 Å². The van der Waals surface area contributed by atoms with Crippen LogP contribution >= 0.6 is 0 Å². The lowest BCUT2D eigenvalue weighted by atomic mass is 9.64. The summed E-state index contributed by atoms with van der Waals surface area (Å²) in [5.74, 6) is 0.768. The van der Waals surface area contributed by atoms with E-state index in [1.54, 1.807) is 0 Å². The molecular weight excluding hydrogens is 166 g/mol. The number of fused-ring (bicyclic) bond motifs is 1. The van der Waals surface area contributed by atoms with Gasteiger partial charge in [0.05, 0.1) is 5.92 Å². The van der Waals surface area contributed by atoms with E-state index < -0.39 is 0 Å². The summed E-state index contributed by atoms with van der Waals surface area (Å²) in [6.45, 7) is 0. The molecule has 2 aliphatic carbocycles. The van der Waals surface area contributed by atoms with Crippen LogP contribution in [-0.4, -0.2) is 17.6 Å². The summed E-state index contributed by atoms with van der Waals surface area (Å²) in [6.07, 6.45) is 5.07. The second-order valence-electron chi connectivity index (χ2n) is 5.07. The third-order valence-electron chi connectivity index (χ3n) is 3.81. The molecular formula is C10H15NO2. The van der Waals surface area contributed by atoms with Crippen LogP contribution in [0.3, 0.4) is 0 Å².